The first-order valence-corrected chi connectivity index (χ1v) is 9.69. The third-order valence-corrected chi connectivity index (χ3v) is 5.89. The molecule has 5 nitrogen and oxygen atoms in total. The monoisotopic (exact) mass is 356 g/mol. The van der Waals surface area contributed by atoms with Crippen molar-refractivity contribution in [3.05, 3.63) is 54.2 Å². The molecule has 140 valence electrons. The first kappa shape index (κ1) is 17.7. The van der Waals surface area contributed by atoms with Crippen LogP contribution >= 0.6 is 0 Å². The highest BCUT2D eigenvalue weighted by molar-refractivity contribution is 5.08. The summed E-state index contributed by atoms with van der Waals surface area (Å²) >= 11 is 0. The van der Waals surface area contributed by atoms with Crippen LogP contribution in [0.25, 0.3) is 0 Å². The lowest BCUT2D eigenvalue weighted by Crippen LogP contribution is -2.47. The largest absolute Gasteiger partial charge is 0.468 e. The Morgan fingerprint density at radius 2 is 2.04 bits per heavy atom. The van der Waals surface area contributed by atoms with E-state index in [4.69, 9.17) is 13.9 Å². The van der Waals surface area contributed by atoms with Crippen molar-refractivity contribution in [3.63, 3.8) is 0 Å². The summed E-state index contributed by atoms with van der Waals surface area (Å²) in [6.45, 7) is 5.42. The van der Waals surface area contributed by atoms with E-state index in [9.17, 15) is 0 Å². The van der Waals surface area contributed by atoms with E-state index in [0.29, 0.717) is 12.5 Å². The molecule has 0 radical (unpaired) electrons. The van der Waals surface area contributed by atoms with Crippen LogP contribution in [0.15, 0.2) is 47.3 Å². The van der Waals surface area contributed by atoms with Gasteiger partial charge in [-0.15, -0.1) is 0 Å². The first-order valence-electron chi connectivity index (χ1n) is 9.69. The number of rotatable bonds is 7. The van der Waals surface area contributed by atoms with Crippen molar-refractivity contribution in [1.82, 2.24) is 9.88 Å². The molecule has 2 aliphatic heterocycles. The number of hydrogen-bond acceptors (Lipinski definition) is 5. The van der Waals surface area contributed by atoms with Gasteiger partial charge in [-0.2, -0.15) is 0 Å². The number of aromatic nitrogens is 1. The van der Waals surface area contributed by atoms with Gasteiger partial charge >= 0.3 is 0 Å². The van der Waals surface area contributed by atoms with Crippen molar-refractivity contribution in [1.29, 1.82) is 0 Å². The lowest BCUT2D eigenvalue weighted by atomic mass is 9.78. The van der Waals surface area contributed by atoms with Crippen LogP contribution in [0.3, 0.4) is 0 Å². The van der Waals surface area contributed by atoms with Gasteiger partial charge in [0.1, 0.15) is 5.76 Å². The molecule has 2 saturated heterocycles. The maximum absolute atomic E-state index is 6.28. The minimum absolute atomic E-state index is 0.0691. The smallest absolute Gasteiger partial charge is 0.117 e. The molecule has 0 aliphatic carbocycles. The van der Waals surface area contributed by atoms with Crippen molar-refractivity contribution in [3.8, 4) is 0 Å². The maximum Gasteiger partial charge on any atom is 0.117 e. The standard InChI is InChI=1S/C21H28N2O3/c1-2-20(25-13-1)16-23-11-7-21(8-12-23)19(6-15-26-21)5-14-24-17-18-3-9-22-10-4-18/h1-4,9-10,13,19H,5-8,11-12,14-17H2/t19-/m1/s1. The Balaban J connectivity index is 1.23. The Hall–Kier alpha value is -1.69. The van der Waals surface area contributed by atoms with Gasteiger partial charge in [0.25, 0.3) is 0 Å². The van der Waals surface area contributed by atoms with Crippen LogP contribution in [0.4, 0.5) is 0 Å². The summed E-state index contributed by atoms with van der Waals surface area (Å²) in [7, 11) is 0. The lowest BCUT2D eigenvalue weighted by Gasteiger charge is -2.42. The molecule has 0 unspecified atom stereocenters. The maximum atomic E-state index is 6.28. The average molecular weight is 356 g/mol. The summed E-state index contributed by atoms with van der Waals surface area (Å²) in [6.07, 6.45) is 9.86. The minimum atomic E-state index is 0.0691. The van der Waals surface area contributed by atoms with Crippen molar-refractivity contribution in [2.75, 3.05) is 26.3 Å². The van der Waals surface area contributed by atoms with Crippen LogP contribution in [0.1, 0.15) is 37.0 Å². The van der Waals surface area contributed by atoms with Crippen molar-refractivity contribution < 1.29 is 13.9 Å². The van der Waals surface area contributed by atoms with Gasteiger partial charge in [0.2, 0.25) is 0 Å². The Morgan fingerprint density at radius 1 is 1.19 bits per heavy atom. The second-order valence-corrected chi connectivity index (χ2v) is 7.45. The van der Waals surface area contributed by atoms with E-state index in [-0.39, 0.29) is 5.60 Å². The first-order chi connectivity index (χ1) is 12.8. The zero-order valence-electron chi connectivity index (χ0n) is 15.3. The number of ether oxygens (including phenoxy) is 2. The summed E-state index contributed by atoms with van der Waals surface area (Å²) in [5.41, 5.74) is 1.25. The van der Waals surface area contributed by atoms with Gasteiger partial charge in [-0.1, -0.05) is 0 Å². The van der Waals surface area contributed by atoms with Crippen LogP contribution in [0.5, 0.6) is 0 Å². The quantitative estimate of drug-likeness (QED) is 0.709. The molecule has 2 aromatic heterocycles. The van der Waals surface area contributed by atoms with Crippen LogP contribution in [0.2, 0.25) is 0 Å². The second kappa shape index (κ2) is 8.33. The molecular weight excluding hydrogens is 328 g/mol. The Morgan fingerprint density at radius 3 is 2.81 bits per heavy atom. The fraction of sp³-hybridized carbons (Fsp3) is 0.571. The highest BCUT2D eigenvalue weighted by Gasteiger charge is 2.45. The van der Waals surface area contributed by atoms with Gasteiger partial charge in [-0.05, 0) is 61.4 Å². The molecule has 0 aromatic carbocycles. The van der Waals surface area contributed by atoms with E-state index in [1.807, 2.05) is 30.6 Å². The summed E-state index contributed by atoms with van der Waals surface area (Å²) in [5, 5.41) is 0. The summed E-state index contributed by atoms with van der Waals surface area (Å²) < 4.78 is 17.7. The van der Waals surface area contributed by atoms with Gasteiger partial charge in [0, 0.05) is 38.7 Å². The molecule has 4 heterocycles. The molecule has 0 amide bonds. The van der Waals surface area contributed by atoms with Gasteiger partial charge in [0.05, 0.1) is 25.0 Å². The third-order valence-electron chi connectivity index (χ3n) is 5.89. The minimum Gasteiger partial charge on any atom is -0.468 e. The molecular formula is C21H28N2O3. The van der Waals surface area contributed by atoms with E-state index < -0.39 is 0 Å². The number of nitrogens with zero attached hydrogens (tertiary/aromatic N) is 2. The number of hydrogen-bond donors (Lipinski definition) is 0. The number of furan rings is 1. The zero-order valence-corrected chi connectivity index (χ0v) is 15.3. The number of likely N-dealkylation sites (tertiary alicyclic amines) is 1. The average Bonchev–Trinajstić information content (AvgIpc) is 3.32. The molecule has 5 heteroatoms. The summed E-state index contributed by atoms with van der Waals surface area (Å²) in [4.78, 5) is 6.52. The topological polar surface area (TPSA) is 47.7 Å². The number of pyridine rings is 1. The molecule has 0 bridgehead atoms. The molecule has 26 heavy (non-hydrogen) atoms. The highest BCUT2D eigenvalue weighted by atomic mass is 16.5. The molecule has 0 N–H and O–H groups in total. The summed E-state index contributed by atoms with van der Waals surface area (Å²) in [5.74, 6) is 1.67. The Labute approximate surface area is 155 Å². The van der Waals surface area contributed by atoms with Crippen molar-refractivity contribution in [2.45, 2.75) is 44.4 Å². The fourth-order valence-electron chi connectivity index (χ4n) is 4.35. The predicted octanol–water partition coefficient (Wildman–Crippen LogP) is 3.65. The predicted molar refractivity (Wildman–Crippen MR) is 98.5 cm³/mol. The molecule has 2 aliphatic rings. The van der Waals surface area contributed by atoms with Gasteiger partial charge in [-0.25, -0.2) is 0 Å². The van der Waals surface area contributed by atoms with Crippen LogP contribution in [0, 0.1) is 5.92 Å². The van der Waals surface area contributed by atoms with E-state index in [1.165, 1.54) is 5.56 Å². The molecule has 2 aromatic rings. The third kappa shape index (κ3) is 4.17. The number of piperidine rings is 1. The second-order valence-electron chi connectivity index (χ2n) is 7.45. The zero-order chi connectivity index (χ0) is 17.7. The Kier molecular flexibility index (Phi) is 5.68. The molecule has 1 atom stereocenters. The Bertz CT molecular complexity index is 651. The van der Waals surface area contributed by atoms with Crippen LogP contribution in [-0.2, 0) is 22.6 Å². The van der Waals surface area contributed by atoms with Gasteiger partial charge in [0.15, 0.2) is 0 Å². The highest BCUT2D eigenvalue weighted by Crippen LogP contribution is 2.42. The van der Waals surface area contributed by atoms with E-state index >= 15 is 0 Å². The van der Waals surface area contributed by atoms with Crippen LogP contribution in [-0.4, -0.2) is 41.8 Å². The fourth-order valence-corrected chi connectivity index (χ4v) is 4.35. The lowest BCUT2D eigenvalue weighted by molar-refractivity contribution is -0.0740. The molecule has 1 spiro atoms. The van der Waals surface area contributed by atoms with Gasteiger partial charge in [-0.3, -0.25) is 9.88 Å². The van der Waals surface area contributed by atoms with Crippen molar-refractivity contribution >= 4 is 0 Å². The van der Waals surface area contributed by atoms with E-state index in [1.54, 1.807) is 6.26 Å². The SMILES string of the molecule is c1coc(CN2CCC3(CC2)OCC[C@H]3CCOCc2ccncc2)c1. The van der Waals surface area contributed by atoms with Crippen molar-refractivity contribution in [2.24, 2.45) is 5.92 Å². The summed E-state index contributed by atoms with van der Waals surface area (Å²) in [6, 6.07) is 8.03. The van der Waals surface area contributed by atoms with Gasteiger partial charge < -0.3 is 13.9 Å². The molecule has 0 saturated carbocycles. The molecule has 2 fully saturated rings. The molecule has 4 rings (SSSR count). The van der Waals surface area contributed by atoms with E-state index in [2.05, 4.69) is 16.0 Å². The van der Waals surface area contributed by atoms with Crippen LogP contribution < -0.4 is 0 Å². The normalized spacial score (nSPS) is 22.8. The van der Waals surface area contributed by atoms with E-state index in [0.717, 1.165) is 64.3 Å².